The monoisotopic (exact) mass is 427 g/mol. The molecule has 2 heterocycles. The van der Waals surface area contributed by atoms with Gasteiger partial charge in [-0.2, -0.15) is 9.49 Å². The van der Waals surface area contributed by atoms with E-state index in [1.54, 1.807) is 36.3 Å². The third kappa shape index (κ3) is 4.29. The summed E-state index contributed by atoms with van der Waals surface area (Å²) in [5.74, 6) is -0.693. The molecule has 4 rings (SSSR count). The van der Waals surface area contributed by atoms with Gasteiger partial charge in [0.05, 0.1) is 24.0 Å². The van der Waals surface area contributed by atoms with Gasteiger partial charge in [0.2, 0.25) is 0 Å². The first kappa shape index (κ1) is 16.7. The summed E-state index contributed by atoms with van der Waals surface area (Å²) < 4.78 is 43.2. The number of aromatic nitrogens is 5. The molecule has 3 aromatic rings. The minimum absolute atomic E-state index is 0.0337. The van der Waals surface area contributed by atoms with Crippen molar-refractivity contribution in [3.63, 3.8) is 0 Å². The summed E-state index contributed by atoms with van der Waals surface area (Å²) in [6, 6.07) is 6.52. The van der Waals surface area contributed by atoms with E-state index in [0.717, 1.165) is 0 Å². The van der Waals surface area contributed by atoms with Crippen LogP contribution in [-0.4, -0.2) is 45.0 Å². The Bertz CT molecular complexity index is 1270. The molecule has 3 N–H and O–H groups in total. The second kappa shape index (κ2) is 8.38. The first-order valence-corrected chi connectivity index (χ1v) is 9.29. The van der Waals surface area contributed by atoms with Crippen molar-refractivity contribution < 1.29 is 18.0 Å². The zero-order valence-electron chi connectivity index (χ0n) is 19.7. The van der Waals surface area contributed by atoms with E-state index in [1.807, 2.05) is 5.32 Å². The molecule has 0 radical (unpaired) electrons. The van der Waals surface area contributed by atoms with E-state index in [9.17, 15) is 9.18 Å². The molecule has 0 saturated heterocycles. The summed E-state index contributed by atoms with van der Waals surface area (Å²) in [5, 5.41) is 19.4. The van der Waals surface area contributed by atoms with Gasteiger partial charge in [-0.3, -0.25) is 9.48 Å². The number of hydrogen-bond donors (Lipinski definition) is 3. The minimum atomic E-state index is -2.74. The molecule has 160 valence electrons. The fraction of sp³-hybridized carbons (Fsp3) is 0.250. The molecule has 31 heavy (non-hydrogen) atoms. The smallest absolute Gasteiger partial charge is 0.273 e. The Labute approximate surface area is 181 Å². The first-order valence-electron chi connectivity index (χ1n) is 10.8. The highest BCUT2D eigenvalue weighted by Gasteiger charge is 2.21. The lowest BCUT2D eigenvalue weighted by atomic mass is 10.1. The summed E-state index contributed by atoms with van der Waals surface area (Å²) in [6.07, 6.45) is 2.85. The number of para-hydroxylation sites is 1. The molecule has 1 aliphatic carbocycles. The minimum Gasteiger partial charge on any atom is -0.494 e. The van der Waals surface area contributed by atoms with E-state index >= 15 is 0 Å². The average Bonchev–Trinajstić information content (AvgIpc) is 3.53. The Morgan fingerprint density at radius 2 is 2.13 bits per heavy atom. The third-order valence-corrected chi connectivity index (χ3v) is 4.50. The molecule has 1 aliphatic rings. The van der Waals surface area contributed by atoms with Crippen LogP contribution in [0.25, 0.3) is 11.4 Å². The normalized spacial score (nSPS) is 14.2. The van der Waals surface area contributed by atoms with Crippen molar-refractivity contribution in [1.29, 1.82) is 0 Å². The van der Waals surface area contributed by atoms with Gasteiger partial charge in [-0.05, 0) is 30.5 Å². The van der Waals surface area contributed by atoms with Crippen molar-refractivity contribution >= 4 is 23.1 Å². The molecule has 1 aromatic carbocycles. The van der Waals surface area contributed by atoms with Gasteiger partial charge in [-0.1, -0.05) is 6.07 Å². The number of benzene rings is 1. The van der Waals surface area contributed by atoms with Gasteiger partial charge in [-0.15, -0.1) is 10.2 Å². The molecule has 11 heteroatoms. The van der Waals surface area contributed by atoms with Gasteiger partial charge < -0.3 is 20.7 Å². The number of carbonyl (C=O) groups excluding carboxylic acids is 1. The number of aryl methyl sites for hydroxylation is 1. The number of rotatable bonds is 7. The highest BCUT2D eigenvalue weighted by atomic mass is 19.1. The molecule has 10 nitrogen and oxygen atoms in total. The number of nitrogens with one attached hydrogen (secondary N) is 3. The zero-order chi connectivity index (χ0) is 24.5. The molecule has 0 bridgehead atoms. The third-order valence-electron chi connectivity index (χ3n) is 4.50. The maximum absolute atomic E-state index is 14.2. The van der Waals surface area contributed by atoms with Crippen LogP contribution in [0.2, 0.25) is 0 Å². The van der Waals surface area contributed by atoms with E-state index in [4.69, 9.17) is 8.85 Å². The zero-order valence-corrected chi connectivity index (χ0v) is 16.7. The summed E-state index contributed by atoms with van der Waals surface area (Å²) >= 11 is 0. The molecule has 1 saturated carbocycles. The van der Waals surface area contributed by atoms with Crippen LogP contribution in [-0.2, 0) is 7.05 Å². The highest BCUT2D eigenvalue weighted by molar-refractivity contribution is 5.98. The first-order chi connectivity index (χ1) is 16.1. The van der Waals surface area contributed by atoms with Gasteiger partial charge in [0.25, 0.3) is 5.91 Å². The lowest BCUT2D eigenvalue weighted by molar-refractivity contribution is 0.0958. The topological polar surface area (TPSA) is 119 Å². The van der Waals surface area contributed by atoms with E-state index in [2.05, 4.69) is 30.9 Å². The van der Waals surface area contributed by atoms with E-state index < -0.39 is 18.8 Å². The van der Waals surface area contributed by atoms with Crippen LogP contribution in [0.1, 0.15) is 27.4 Å². The van der Waals surface area contributed by atoms with Crippen LogP contribution in [0.3, 0.4) is 0 Å². The highest BCUT2D eigenvalue weighted by Crippen LogP contribution is 2.37. The quantitative estimate of drug-likeness (QED) is 0.493. The number of allylic oxidation sites excluding steroid dienone is 1. The number of anilines is 3. The average molecular weight is 427 g/mol. The molecule has 0 atom stereocenters. The number of nitrogens with zero attached hydrogens (tertiary/aromatic N) is 5. The van der Waals surface area contributed by atoms with Crippen molar-refractivity contribution in [2.45, 2.75) is 12.8 Å². The van der Waals surface area contributed by atoms with Crippen LogP contribution in [0.15, 0.2) is 42.1 Å². The van der Waals surface area contributed by atoms with E-state index in [1.165, 1.54) is 13.2 Å². The van der Waals surface area contributed by atoms with E-state index in [0.29, 0.717) is 41.2 Å². The van der Waals surface area contributed by atoms with Gasteiger partial charge in [-0.25, -0.2) is 4.98 Å². The molecule has 2 aromatic heterocycles. The standard InChI is InChI=1S/C20H21FN8O2/c1-22-20(30)16-14(9-15(26-27-16)25-18(21)11-7-8-11)24-13-6-4-5-12(17(13)31-3)19-23-10-29(2)28-19/h4-6,9-10H,7-8H2,1-3H3,(H,22,30)(H2,24,25,26)/i1D3. The van der Waals surface area contributed by atoms with Crippen molar-refractivity contribution in [3.8, 4) is 17.1 Å². The van der Waals surface area contributed by atoms with Crippen LogP contribution in [0, 0.1) is 0 Å². The van der Waals surface area contributed by atoms with E-state index in [-0.39, 0.29) is 17.2 Å². The summed E-state index contributed by atoms with van der Waals surface area (Å²) in [6.45, 7) is -2.74. The van der Waals surface area contributed by atoms with Crippen LogP contribution < -0.4 is 20.7 Å². The summed E-state index contributed by atoms with van der Waals surface area (Å²) in [4.78, 5) is 16.8. The van der Waals surface area contributed by atoms with Crippen molar-refractivity contribution in [2.24, 2.45) is 7.05 Å². The lowest BCUT2D eigenvalue weighted by Crippen LogP contribution is -2.21. The van der Waals surface area contributed by atoms with Crippen molar-refractivity contribution in [2.75, 3.05) is 24.7 Å². The Morgan fingerprint density at radius 1 is 1.29 bits per heavy atom. The number of methoxy groups -OCH3 is 1. The summed E-state index contributed by atoms with van der Waals surface area (Å²) in [5.41, 5.74) is 1.39. The van der Waals surface area contributed by atoms with Crippen LogP contribution in [0.5, 0.6) is 5.75 Å². The van der Waals surface area contributed by atoms with Crippen molar-refractivity contribution in [3.05, 3.63) is 47.8 Å². The number of hydrogen-bond acceptors (Lipinski definition) is 8. The molecule has 1 fully saturated rings. The second-order valence-corrected chi connectivity index (χ2v) is 6.74. The Hall–Kier alpha value is -4.02. The number of amides is 1. The van der Waals surface area contributed by atoms with Gasteiger partial charge in [0.15, 0.2) is 29.0 Å². The van der Waals surface area contributed by atoms with Crippen LogP contribution >= 0.6 is 0 Å². The number of ether oxygens (including phenoxy) is 1. The SMILES string of the molecule is [2H]C([2H])([2H])NC(=O)c1nnc(NC(F)=C2CC2)cc1Nc1cccc(-c2ncn(C)n2)c1OC. The van der Waals surface area contributed by atoms with Gasteiger partial charge >= 0.3 is 0 Å². The molecule has 1 amide bonds. The largest absolute Gasteiger partial charge is 0.494 e. The second-order valence-electron chi connectivity index (χ2n) is 6.74. The molecule has 0 aliphatic heterocycles. The predicted octanol–water partition coefficient (Wildman–Crippen LogP) is 2.77. The molecular formula is C20H21FN8O2. The molecule has 0 spiro atoms. The van der Waals surface area contributed by atoms with Crippen LogP contribution in [0.4, 0.5) is 21.6 Å². The Kier molecular flexibility index (Phi) is 4.53. The Morgan fingerprint density at radius 3 is 2.81 bits per heavy atom. The molecule has 0 unspecified atom stereocenters. The van der Waals surface area contributed by atoms with Gasteiger partial charge in [0.1, 0.15) is 6.33 Å². The van der Waals surface area contributed by atoms with Crippen molar-refractivity contribution in [1.82, 2.24) is 30.3 Å². The maximum Gasteiger partial charge on any atom is 0.273 e. The Balaban J connectivity index is 1.74. The fourth-order valence-electron chi connectivity index (χ4n) is 2.90. The number of halogens is 1. The summed E-state index contributed by atoms with van der Waals surface area (Å²) in [7, 11) is 3.19. The lowest BCUT2D eigenvalue weighted by Gasteiger charge is -2.16. The predicted molar refractivity (Wildman–Crippen MR) is 113 cm³/mol. The maximum atomic E-state index is 14.2. The molecular weight excluding hydrogens is 403 g/mol. The fourth-order valence-corrected chi connectivity index (χ4v) is 2.90. The van der Waals surface area contributed by atoms with Gasteiger partial charge in [0, 0.05) is 24.2 Å². The number of carbonyl (C=O) groups is 1.